The van der Waals surface area contributed by atoms with Gasteiger partial charge in [-0.25, -0.2) is 0 Å². The van der Waals surface area contributed by atoms with Crippen LogP contribution < -0.4 is 4.74 Å². The smallest absolute Gasteiger partial charge is 0.137 e. The zero-order chi connectivity index (χ0) is 13.2. The summed E-state index contributed by atoms with van der Waals surface area (Å²) in [6, 6.07) is 1.92. The van der Waals surface area contributed by atoms with Gasteiger partial charge in [-0.1, -0.05) is 26.7 Å². The Balaban J connectivity index is 2.37. The lowest BCUT2D eigenvalue weighted by Gasteiger charge is -2.42. The van der Waals surface area contributed by atoms with Crippen LogP contribution in [0.4, 0.5) is 0 Å². The van der Waals surface area contributed by atoms with Gasteiger partial charge in [0.2, 0.25) is 0 Å². The van der Waals surface area contributed by atoms with E-state index in [1.165, 1.54) is 6.42 Å². The molecule has 100 valence electrons. The summed E-state index contributed by atoms with van der Waals surface area (Å²) in [7, 11) is 1.63. The van der Waals surface area contributed by atoms with Crippen molar-refractivity contribution >= 4 is 0 Å². The lowest BCUT2D eigenvalue weighted by Crippen LogP contribution is -2.40. The molecule has 2 rings (SSSR count). The molecule has 0 spiro atoms. The molecule has 1 aromatic heterocycles. The molecule has 0 bridgehead atoms. The number of ether oxygens (including phenoxy) is 1. The highest BCUT2D eigenvalue weighted by molar-refractivity contribution is 5.29. The average molecular weight is 249 g/mol. The Labute approximate surface area is 109 Å². The molecule has 3 heteroatoms. The van der Waals surface area contributed by atoms with Crippen LogP contribution in [0.15, 0.2) is 18.5 Å². The van der Waals surface area contributed by atoms with Crippen molar-refractivity contribution in [1.82, 2.24) is 4.98 Å². The maximum atomic E-state index is 11.1. The maximum Gasteiger partial charge on any atom is 0.137 e. The molecule has 1 fully saturated rings. The normalized spacial score (nSPS) is 28.4. The van der Waals surface area contributed by atoms with Gasteiger partial charge in [0.15, 0.2) is 0 Å². The predicted octanol–water partition coefficient (Wildman–Crippen LogP) is 3.12. The molecular weight excluding hydrogens is 226 g/mol. The highest BCUT2D eigenvalue weighted by Crippen LogP contribution is 2.45. The molecule has 1 aliphatic rings. The van der Waals surface area contributed by atoms with Crippen molar-refractivity contribution in [3.8, 4) is 5.75 Å². The third kappa shape index (κ3) is 2.37. The Morgan fingerprint density at radius 2 is 2.17 bits per heavy atom. The second-order valence-electron chi connectivity index (χ2n) is 5.63. The van der Waals surface area contributed by atoms with Gasteiger partial charge < -0.3 is 9.84 Å². The SMILES string of the molecule is COc1cncc(C2(O)CCCCC2C(C)C)c1. The molecule has 1 saturated carbocycles. The van der Waals surface area contributed by atoms with E-state index in [4.69, 9.17) is 4.74 Å². The second-order valence-corrected chi connectivity index (χ2v) is 5.63. The minimum atomic E-state index is -0.742. The summed E-state index contributed by atoms with van der Waals surface area (Å²) >= 11 is 0. The van der Waals surface area contributed by atoms with Crippen molar-refractivity contribution in [3.05, 3.63) is 24.0 Å². The molecular formula is C15H23NO2. The van der Waals surface area contributed by atoms with Gasteiger partial charge in [-0.3, -0.25) is 4.98 Å². The lowest BCUT2D eigenvalue weighted by molar-refractivity contribution is -0.0724. The largest absolute Gasteiger partial charge is 0.495 e. The average Bonchev–Trinajstić information content (AvgIpc) is 2.39. The van der Waals surface area contributed by atoms with Crippen molar-refractivity contribution in [3.63, 3.8) is 0 Å². The Morgan fingerprint density at radius 3 is 2.83 bits per heavy atom. The summed E-state index contributed by atoms with van der Waals surface area (Å²) in [5.41, 5.74) is 0.161. The molecule has 2 atom stereocenters. The van der Waals surface area contributed by atoms with Crippen molar-refractivity contribution < 1.29 is 9.84 Å². The highest BCUT2D eigenvalue weighted by Gasteiger charge is 2.42. The quantitative estimate of drug-likeness (QED) is 0.895. The van der Waals surface area contributed by atoms with Crippen molar-refractivity contribution in [1.29, 1.82) is 0 Å². The van der Waals surface area contributed by atoms with Crippen molar-refractivity contribution in [2.45, 2.75) is 45.1 Å². The van der Waals surface area contributed by atoms with E-state index in [0.29, 0.717) is 17.6 Å². The summed E-state index contributed by atoms with van der Waals surface area (Å²) in [6.45, 7) is 4.38. The predicted molar refractivity (Wildman–Crippen MR) is 71.5 cm³/mol. The first-order valence-electron chi connectivity index (χ1n) is 6.80. The van der Waals surface area contributed by atoms with Gasteiger partial charge in [0.1, 0.15) is 5.75 Å². The Hall–Kier alpha value is -1.09. The number of methoxy groups -OCH3 is 1. The third-order valence-corrected chi connectivity index (χ3v) is 4.19. The molecule has 2 unspecified atom stereocenters. The van der Waals surface area contributed by atoms with Gasteiger partial charge in [-0.2, -0.15) is 0 Å². The summed E-state index contributed by atoms with van der Waals surface area (Å²) in [6.07, 6.45) is 7.67. The van der Waals surface area contributed by atoms with E-state index < -0.39 is 5.60 Å². The van der Waals surface area contributed by atoms with E-state index in [-0.39, 0.29) is 0 Å². The first kappa shape index (κ1) is 13.3. The zero-order valence-electron chi connectivity index (χ0n) is 11.5. The second kappa shape index (κ2) is 5.27. The molecule has 1 heterocycles. The van der Waals surface area contributed by atoms with Crippen molar-refractivity contribution in [2.75, 3.05) is 7.11 Å². The van der Waals surface area contributed by atoms with E-state index in [1.807, 2.05) is 6.07 Å². The van der Waals surface area contributed by atoms with Gasteiger partial charge in [0.05, 0.1) is 18.9 Å². The van der Waals surface area contributed by atoms with Crippen LogP contribution in [0.2, 0.25) is 0 Å². The molecule has 1 aliphatic carbocycles. The van der Waals surface area contributed by atoms with Crippen LogP contribution in [0, 0.1) is 11.8 Å². The van der Waals surface area contributed by atoms with Crippen LogP contribution in [0.5, 0.6) is 5.75 Å². The summed E-state index contributed by atoms with van der Waals surface area (Å²) < 4.78 is 5.21. The Bertz CT molecular complexity index is 405. The van der Waals surface area contributed by atoms with E-state index in [9.17, 15) is 5.11 Å². The number of hydrogen-bond donors (Lipinski definition) is 1. The number of nitrogens with zero attached hydrogens (tertiary/aromatic N) is 1. The molecule has 0 amide bonds. The summed E-state index contributed by atoms with van der Waals surface area (Å²) in [5.74, 6) is 1.50. The fourth-order valence-electron chi connectivity index (χ4n) is 3.19. The maximum absolute atomic E-state index is 11.1. The number of rotatable bonds is 3. The van der Waals surface area contributed by atoms with Crippen LogP contribution in [-0.2, 0) is 5.60 Å². The molecule has 0 radical (unpaired) electrons. The van der Waals surface area contributed by atoms with Crippen LogP contribution >= 0.6 is 0 Å². The number of aliphatic hydroxyl groups is 1. The molecule has 0 aliphatic heterocycles. The topological polar surface area (TPSA) is 42.4 Å². The van der Waals surface area contributed by atoms with Gasteiger partial charge in [-0.05, 0) is 30.7 Å². The van der Waals surface area contributed by atoms with Gasteiger partial charge in [0, 0.05) is 11.8 Å². The zero-order valence-corrected chi connectivity index (χ0v) is 11.5. The Kier molecular flexibility index (Phi) is 3.91. The monoisotopic (exact) mass is 249 g/mol. The molecule has 0 saturated heterocycles. The standard InChI is InChI=1S/C15H23NO2/c1-11(2)14-6-4-5-7-15(14,17)12-8-13(18-3)10-16-9-12/h8-11,14,17H,4-7H2,1-3H3. The summed E-state index contributed by atoms with van der Waals surface area (Å²) in [4.78, 5) is 4.18. The van der Waals surface area contributed by atoms with E-state index in [1.54, 1.807) is 19.5 Å². The lowest BCUT2D eigenvalue weighted by atomic mass is 9.67. The van der Waals surface area contributed by atoms with E-state index in [2.05, 4.69) is 18.8 Å². The van der Waals surface area contributed by atoms with Gasteiger partial charge in [-0.15, -0.1) is 0 Å². The number of pyridine rings is 1. The first-order chi connectivity index (χ1) is 8.58. The number of aromatic nitrogens is 1. The van der Waals surface area contributed by atoms with Crippen molar-refractivity contribution in [2.24, 2.45) is 11.8 Å². The minimum Gasteiger partial charge on any atom is -0.495 e. The molecule has 0 aromatic carbocycles. The highest BCUT2D eigenvalue weighted by atomic mass is 16.5. The first-order valence-corrected chi connectivity index (χ1v) is 6.80. The van der Waals surface area contributed by atoms with Crippen LogP contribution in [-0.4, -0.2) is 17.2 Å². The molecule has 1 N–H and O–H groups in total. The van der Waals surface area contributed by atoms with Crippen LogP contribution in [0.3, 0.4) is 0 Å². The van der Waals surface area contributed by atoms with E-state index in [0.717, 1.165) is 24.8 Å². The molecule has 18 heavy (non-hydrogen) atoms. The Morgan fingerprint density at radius 1 is 1.39 bits per heavy atom. The molecule has 3 nitrogen and oxygen atoms in total. The van der Waals surface area contributed by atoms with E-state index >= 15 is 0 Å². The molecule has 1 aromatic rings. The van der Waals surface area contributed by atoms with Crippen LogP contribution in [0.25, 0.3) is 0 Å². The van der Waals surface area contributed by atoms with Crippen LogP contribution in [0.1, 0.15) is 45.1 Å². The minimum absolute atomic E-state index is 0.306. The van der Waals surface area contributed by atoms with Gasteiger partial charge >= 0.3 is 0 Å². The fourth-order valence-corrected chi connectivity index (χ4v) is 3.19. The summed E-state index contributed by atoms with van der Waals surface area (Å²) in [5, 5.41) is 11.1. The van der Waals surface area contributed by atoms with Gasteiger partial charge in [0.25, 0.3) is 0 Å². The third-order valence-electron chi connectivity index (χ3n) is 4.19. The number of hydrogen-bond acceptors (Lipinski definition) is 3. The fraction of sp³-hybridized carbons (Fsp3) is 0.667.